The standard InChI is InChI=1S/C18H32N6O5/c1-5-6-8-23(11-13(25)21-17(27)20-7-9-29-4)14-15(19)24(10-12(2)3)18(28)22-16(14)26/h12H,5-11,19H2,1-4H3,(H,22,26,28)(H2,20,21,25,27). The average molecular weight is 412 g/mol. The summed E-state index contributed by atoms with van der Waals surface area (Å²) in [7, 11) is 1.50. The van der Waals surface area contributed by atoms with Crippen molar-refractivity contribution < 1.29 is 14.3 Å². The normalized spacial score (nSPS) is 10.8. The number of nitrogens with zero attached hydrogens (tertiary/aromatic N) is 2. The van der Waals surface area contributed by atoms with Crippen LogP contribution in [0.5, 0.6) is 0 Å². The Balaban J connectivity index is 3.09. The fraction of sp³-hybridized carbons (Fsp3) is 0.667. The highest BCUT2D eigenvalue weighted by Crippen LogP contribution is 2.18. The summed E-state index contributed by atoms with van der Waals surface area (Å²) in [5, 5.41) is 4.68. The Kier molecular flexibility index (Phi) is 9.93. The van der Waals surface area contributed by atoms with Crippen molar-refractivity contribution in [1.29, 1.82) is 0 Å². The first kappa shape index (κ1) is 24.2. The molecule has 0 radical (unpaired) electrons. The summed E-state index contributed by atoms with van der Waals surface area (Å²) in [5.74, 6) is -0.478. The predicted octanol–water partition coefficient (Wildman–Crippen LogP) is -0.146. The van der Waals surface area contributed by atoms with Crippen molar-refractivity contribution in [1.82, 2.24) is 20.2 Å². The van der Waals surface area contributed by atoms with Crippen LogP contribution in [-0.2, 0) is 16.1 Å². The molecule has 0 fully saturated rings. The molecule has 0 spiro atoms. The van der Waals surface area contributed by atoms with E-state index >= 15 is 0 Å². The van der Waals surface area contributed by atoms with Crippen molar-refractivity contribution in [2.24, 2.45) is 5.92 Å². The van der Waals surface area contributed by atoms with E-state index in [9.17, 15) is 19.2 Å². The number of anilines is 2. The highest BCUT2D eigenvalue weighted by atomic mass is 16.5. The maximum atomic E-state index is 12.5. The van der Waals surface area contributed by atoms with Crippen molar-refractivity contribution in [3.05, 3.63) is 20.8 Å². The topological polar surface area (TPSA) is 152 Å². The Labute approximate surface area is 169 Å². The Morgan fingerprint density at radius 1 is 1.31 bits per heavy atom. The van der Waals surface area contributed by atoms with Gasteiger partial charge in [0.2, 0.25) is 5.91 Å². The van der Waals surface area contributed by atoms with Crippen LogP contribution in [0, 0.1) is 5.92 Å². The Bertz CT molecular complexity index is 801. The van der Waals surface area contributed by atoms with Crippen molar-refractivity contribution in [3.8, 4) is 0 Å². The molecule has 164 valence electrons. The molecule has 0 atom stereocenters. The first-order valence-electron chi connectivity index (χ1n) is 9.65. The highest BCUT2D eigenvalue weighted by molar-refractivity contribution is 5.96. The van der Waals surface area contributed by atoms with Gasteiger partial charge < -0.3 is 20.7 Å². The SMILES string of the molecule is CCCCN(CC(=O)NC(=O)NCCOC)c1c(N)n(CC(C)C)c(=O)[nH]c1=O. The van der Waals surface area contributed by atoms with Gasteiger partial charge in [-0.1, -0.05) is 27.2 Å². The number of nitrogen functional groups attached to an aromatic ring is 1. The zero-order valence-electron chi connectivity index (χ0n) is 17.5. The van der Waals surface area contributed by atoms with E-state index in [1.165, 1.54) is 16.6 Å². The number of nitrogens with one attached hydrogen (secondary N) is 3. The van der Waals surface area contributed by atoms with Gasteiger partial charge in [0.15, 0.2) is 0 Å². The maximum Gasteiger partial charge on any atom is 0.330 e. The molecule has 0 aliphatic rings. The van der Waals surface area contributed by atoms with Gasteiger partial charge in [-0.15, -0.1) is 0 Å². The smallest absolute Gasteiger partial charge is 0.330 e. The van der Waals surface area contributed by atoms with E-state index in [1.807, 2.05) is 20.8 Å². The second-order valence-electron chi connectivity index (χ2n) is 7.07. The van der Waals surface area contributed by atoms with Gasteiger partial charge in [-0.25, -0.2) is 9.59 Å². The van der Waals surface area contributed by atoms with E-state index < -0.39 is 23.2 Å². The molecule has 0 unspecified atom stereocenters. The number of methoxy groups -OCH3 is 1. The third kappa shape index (κ3) is 7.60. The fourth-order valence-corrected chi connectivity index (χ4v) is 2.70. The van der Waals surface area contributed by atoms with Crippen molar-refractivity contribution >= 4 is 23.4 Å². The summed E-state index contributed by atoms with van der Waals surface area (Å²) in [5.41, 5.74) is 4.93. The summed E-state index contributed by atoms with van der Waals surface area (Å²) in [4.78, 5) is 52.4. The zero-order valence-corrected chi connectivity index (χ0v) is 17.5. The van der Waals surface area contributed by atoms with Gasteiger partial charge in [0.1, 0.15) is 11.5 Å². The summed E-state index contributed by atoms with van der Waals surface area (Å²) >= 11 is 0. The number of aromatic nitrogens is 2. The minimum Gasteiger partial charge on any atom is -0.383 e. The number of ether oxygens (including phenoxy) is 1. The number of imide groups is 1. The van der Waals surface area contributed by atoms with Crippen LogP contribution in [-0.4, -0.2) is 54.8 Å². The molecule has 1 aromatic rings. The van der Waals surface area contributed by atoms with Gasteiger partial charge in [0.25, 0.3) is 5.56 Å². The van der Waals surface area contributed by atoms with Crippen molar-refractivity contribution in [2.45, 2.75) is 40.2 Å². The minimum absolute atomic E-state index is 0.000833. The van der Waals surface area contributed by atoms with Crippen molar-refractivity contribution in [2.75, 3.05) is 44.0 Å². The lowest BCUT2D eigenvalue weighted by molar-refractivity contribution is -0.118. The molecule has 1 rings (SSSR count). The van der Waals surface area contributed by atoms with E-state index in [0.29, 0.717) is 26.1 Å². The minimum atomic E-state index is -0.666. The molecule has 0 aromatic carbocycles. The highest BCUT2D eigenvalue weighted by Gasteiger charge is 2.22. The Morgan fingerprint density at radius 2 is 2.00 bits per heavy atom. The largest absolute Gasteiger partial charge is 0.383 e. The van der Waals surface area contributed by atoms with Crippen LogP contribution in [0.25, 0.3) is 0 Å². The van der Waals surface area contributed by atoms with Gasteiger partial charge in [0, 0.05) is 26.7 Å². The van der Waals surface area contributed by atoms with E-state index in [1.54, 1.807) is 0 Å². The molecule has 1 heterocycles. The molecule has 0 saturated heterocycles. The second kappa shape index (κ2) is 11.9. The van der Waals surface area contributed by atoms with Crippen LogP contribution in [0.4, 0.5) is 16.3 Å². The van der Waals surface area contributed by atoms with Crippen LogP contribution >= 0.6 is 0 Å². The lowest BCUT2D eigenvalue weighted by Gasteiger charge is -2.25. The van der Waals surface area contributed by atoms with Crippen LogP contribution in [0.2, 0.25) is 0 Å². The number of carbonyl (C=O) groups excluding carboxylic acids is 2. The van der Waals surface area contributed by atoms with E-state index in [4.69, 9.17) is 10.5 Å². The summed E-state index contributed by atoms with van der Waals surface area (Å²) in [6.07, 6.45) is 1.51. The second-order valence-corrected chi connectivity index (χ2v) is 7.07. The third-order valence-corrected chi connectivity index (χ3v) is 4.04. The van der Waals surface area contributed by atoms with E-state index in [2.05, 4.69) is 15.6 Å². The molecule has 3 amide bonds. The average Bonchev–Trinajstić information content (AvgIpc) is 2.62. The van der Waals surface area contributed by atoms with Gasteiger partial charge in [-0.2, -0.15) is 0 Å². The van der Waals surface area contributed by atoms with E-state index in [0.717, 1.165) is 6.42 Å². The van der Waals surface area contributed by atoms with Crippen LogP contribution in [0.15, 0.2) is 9.59 Å². The molecule has 11 nitrogen and oxygen atoms in total. The first-order chi connectivity index (χ1) is 13.7. The van der Waals surface area contributed by atoms with E-state index in [-0.39, 0.29) is 30.5 Å². The molecule has 0 saturated carbocycles. The summed E-state index contributed by atoms with van der Waals surface area (Å²) in [6, 6.07) is -0.658. The number of aromatic amines is 1. The summed E-state index contributed by atoms with van der Waals surface area (Å²) in [6.45, 7) is 6.80. The monoisotopic (exact) mass is 412 g/mol. The predicted molar refractivity (Wildman–Crippen MR) is 111 cm³/mol. The number of unbranched alkanes of at least 4 members (excludes halogenated alkanes) is 1. The molecule has 29 heavy (non-hydrogen) atoms. The quantitative estimate of drug-likeness (QED) is 0.369. The molecular weight excluding hydrogens is 380 g/mol. The molecule has 11 heteroatoms. The molecule has 1 aromatic heterocycles. The Morgan fingerprint density at radius 3 is 2.59 bits per heavy atom. The number of amides is 3. The number of hydrogen-bond acceptors (Lipinski definition) is 7. The molecule has 5 N–H and O–H groups in total. The fourth-order valence-electron chi connectivity index (χ4n) is 2.70. The van der Waals surface area contributed by atoms with Gasteiger partial charge in [0.05, 0.1) is 13.2 Å². The number of hydrogen-bond donors (Lipinski definition) is 4. The maximum absolute atomic E-state index is 12.5. The zero-order chi connectivity index (χ0) is 22.0. The Hall–Kier alpha value is -2.82. The lowest BCUT2D eigenvalue weighted by Crippen LogP contribution is -2.47. The number of carbonyl (C=O) groups is 2. The van der Waals surface area contributed by atoms with Crippen LogP contribution in [0.1, 0.15) is 33.6 Å². The summed E-state index contributed by atoms with van der Waals surface area (Å²) < 4.78 is 6.11. The van der Waals surface area contributed by atoms with Gasteiger partial charge >= 0.3 is 11.7 Å². The number of nitrogens with two attached hydrogens (primary N) is 1. The number of rotatable bonds is 11. The number of H-pyrrole nitrogens is 1. The molecular formula is C18H32N6O5. The van der Waals surface area contributed by atoms with Crippen LogP contribution in [0.3, 0.4) is 0 Å². The van der Waals surface area contributed by atoms with Gasteiger partial charge in [-0.3, -0.25) is 24.5 Å². The van der Waals surface area contributed by atoms with Gasteiger partial charge in [-0.05, 0) is 12.3 Å². The number of urea groups is 1. The molecule has 0 aliphatic heterocycles. The van der Waals surface area contributed by atoms with Crippen LogP contribution < -0.4 is 32.5 Å². The van der Waals surface area contributed by atoms with Crippen molar-refractivity contribution in [3.63, 3.8) is 0 Å². The lowest BCUT2D eigenvalue weighted by atomic mass is 10.2. The molecule has 0 bridgehead atoms. The third-order valence-electron chi connectivity index (χ3n) is 4.04. The first-order valence-corrected chi connectivity index (χ1v) is 9.65. The molecule has 0 aliphatic carbocycles.